The summed E-state index contributed by atoms with van der Waals surface area (Å²) in [5, 5.41) is 14.9. The fraction of sp³-hybridized carbons (Fsp3) is 0.167. The lowest BCUT2D eigenvalue weighted by Crippen LogP contribution is -2.06. The molecule has 2 rings (SSSR count). The van der Waals surface area contributed by atoms with E-state index in [1.54, 1.807) is 11.3 Å². The lowest BCUT2D eigenvalue weighted by molar-refractivity contribution is 0.881. The van der Waals surface area contributed by atoms with E-state index in [2.05, 4.69) is 39.2 Å². The summed E-state index contributed by atoms with van der Waals surface area (Å²) in [6.07, 6.45) is 0. The molecule has 1 N–H and O–H groups in total. The lowest BCUT2D eigenvalue weighted by atomic mass is 10.1. The highest BCUT2D eigenvalue weighted by Crippen LogP contribution is 2.24. The van der Waals surface area contributed by atoms with E-state index >= 15 is 0 Å². The average molecular weight is 308 g/mol. The monoisotopic (exact) mass is 307 g/mol. The zero-order valence-electron chi connectivity index (χ0n) is 9.14. The molecule has 0 spiro atoms. The van der Waals surface area contributed by atoms with Crippen molar-refractivity contribution < 1.29 is 0 Å². The third kappa shape index (κ3) is 3.05. The van der Waals surface area contributed by atoms with Gasteiger partial charge in [-0.1, -0.05) is 12.1 Å². The van der Waals surface area contributed by atoms with Crippen molar-refractivity contribution in [1.82, 2.24) is 4.98 Å². The van der Waals surface area contributed by atoms with Gasteiger partial charge in [0, 0.05) is 5.38 Å². The van der Waals surface area contributed by atoms with Crippen molar-refractivity contribution in [1.29, 1.82) is 5.26 Å². The summed E-state index contributed by atoms with van der Waals surface area (Å²) < 4.78 is 0.844. The van der Waals surface area contributed by atoms with Crippen LogP contribution in [-0.4, -0.2) is 4.98 Å². The molecule has 1 heterocycles. The molecule has 1 unspecified atom stereocenters. The summed E-state index contributed by atoms with van der Waals surface area (Å²) in [5.41, 5.74) is 1.81. The number of nitriles is 1. The van der Waals surface area contributed by atoms with Crippen LogP contribution in [0.25, 0.3) is 0 Å². The molecule has 1 atom stereocenters. The third-order valence-electron chi connectivity index (χ3n) is 2.36. The van der Waals surface area contributed by atoms with Gasteiger partial charge in [-0.3, -0.25) is 0 Å². The first-order valence-corrected chi connectivity index (χ1v) is 6.74. The van der Waals surface area contributed by atoms with E-state index < -0.39 is 0 Å². The SMILES string of the molecule is CC(Nc1nc(Br)cs1)c1ccc(C#N)cc1. The maximum absolute atomic E-state index is 8.73. The number of hydrogen-bond donors (Lipinski definition) is 1. The first kappa shape index (κ1) is 12.1. The second-order valence-electron chi connectivity index (χ2n) is 3.58. The summed E-state index contributed by atoms with van der Waals surface area (Å²) in [6, 6.07) is 9.84. The second kappa shape index (κ2) is 5.30. The Labute approximate surface area is 112 Å². The number of aromatic nitrogens is 1. The molecule has 5 heteroatoms. The van der Waals surface area contributed by atoms with Gasteiger partial charge >= 0.3 is 0 Å². The zero-order valence-corrected chi connectivity index (χ0v) is 11.5. The topological polar surface area (TPSA) is 48.7 Å². The highest BCUT2D eigenvalue weighted by atomic mass is 79.9. The van der Waals surface area contributed by atoms with Crippen molar-refractivity contribution in [2.75, 3.05) is 5.32 Å². The van der Waals surface area contributed by atoms with Crippen LogP contribution in [0.15, 0.2) is 34.2 Å². The van der Waals surface area contributed by atoms with Crippen molar-refractivity contribution >= 4 is 32.4 Å². The minimum Gasteiger partial charge on any atom is -0.355 e. The van der Waals surface area contributed by atoms with Crippen LogP contribution in [0.3, 0.4) is 0 Å². The van der Waals surface area contributed by atoms with Gasteiger partial charge in [0.2, 0.25) is 0 Å². The van der Waals surface area contributed by atoms with Gasteiger partial charge in [-0.05, 0) is 40.5 Å². The number of hydrogen-bond acceptors (Lipinski definition) is 4. The Morgan fingerprint density at radius 1 is 1.41 bits per heavy atom. The Hall–Kier alpha value is -1.38. The molecule has 2 aromatic rings. The minimum absolute atomic E-state index is 0.167. The highest BCUT2D eigenvalue weighted by molar-refractivity contribution is 9.10. The number of halogens is 1. The Bertz CT molecular complexity index is 542. The molecule has 86 valence electrons. The van der Waals surface area contributed by atoms with Crippen LogP contribution in [0, 0.1) is 11.3 Å². The van der Waals surface area contributed by atoms with Gasteiger partial charge in [0.05, 0.1) is 17.7 Å². The minimum atomic E-state index is 0.167. The van der Waals surface area contributed by atoms with E-state index in [0.29, 0.717) is 5.56 Å². The molecule has 0 aliphatic rings. The number of nitrogens with zero attached hydrogens (tertiary/aromatic N) is 2. The van der Waals surface area contributed by atoms with Gasteiger partial charge in [-0.2, -0.15) is 5.26 Å². The summed E-state index contributed by atoms with van der Waals surface area (Å²) in [6.45, 7) is 2.07. The van der Waals surface area contributed by atoms with Crippen LogP contribution in [0.2, 0.25) is 0 Å². The first-order valence-electron chi connectivity index (χ1n) is 5.06. The van der Waals surface area contributed by atoms with Crippen molar-refractivity contribution in [3.8, 4) is 6.07 Å². The first-order chi connectivity index (χ1) is 8.19. The number of nitrogens with one attached hydrogen (secondary N) is 1. The molecule has 0 aliphatic carbocycles. The molecule has 0 radical (unpaired) electrons. The lowest BCUT2D eigenvalue weighted by Gasteiger charge is -2.13. The predicted octanol–water partition coefficient (Wildman–Crippen LogP) is 3.95. The number of anilines is 1. The largest absolute Gasteiger partial charge is 0.355 e. The quantitative estimate of drug-likeness (QED) is 0.934. The smallest absolute Gasteiger partial charge is 0.184 e. The fourth-order valence-electron chi connectivity index (χ4n) is 1.44. The predicted molar refractivity (Wildman–Crippen MR) is 73.0 cm³/mol. The van der Waals surface area contributed by atoms with Crippen molar-refractivity contribution in [2.45, 2.75) is 13.0 Å². The zero-order chi connectivity index (χ0) is 12.3. The van der Waals surface area contributed by atoms with Gasteiger partial charge in [-0.15, -0.1) is 11.3 Å². The molecule has 3 nitrogen and oxygen atoms in total. The standard InChI is InChI=1S/C12H10BrN3S/c1-8(15-12-16-11(13)7-17-12)10-4-2-9(6-14)3-5-10/h2-5,7-8H,1H3,(H,15,16). The van der Waals surface area contributed by atoms with Gasteiger partial charge in [0.25, 0.3) is 0 Å². The van der Waals surface area contributed by atoms with E-state index in [-0.39, 0.29) is 6.04 Å². The normalized spacial score (nSPS) is 11.8. The average Bonchev–Trinajstić information content (AvgIpc) is 2.75. The molecular formula is C12H10BrN3S. The van der Waals surface area contributed by atoms with E-state index in [0.717, 1.165) is 15.3 Å². The fourth-order valence-corrected chi connectivity index (χ4v) is 2.67. The number of thiazole rings is 1. The molecular weight excluding hydrogens is 298 g/mol. The van der Waals surface area contributed by atoms with Crippen LogP contribution in [0.1, 0.15) is 24.1 Å². The third-order valence-corrected chi connectivity index (χ3v) is 3.84. The van der Waals surface area contributed by atoms with Gasteiger partial charge in [-0.25, -0.2) is 4.98 Å². The second-order valence-corrected chi connectivity index (χ2v) is 5.25. The van der Waals surface area contributed by atoms with Crippen molar-refractivity contribution in [3.63, 3.8) is 0 Å². The molecule has 0 fully saturated rings. The van der Waals surface area contributed by atoms with E-state index in [9.17, 15) is 0 Å². The van der Waals surface area contributed by atoms with Crippen molar-refractivity contribution in [2.24, 2.45) is 0 Å². The Morgan fingerprint density at radius 2 is 2.12 bits per heavy atom. The summed E-state index contributed by atoms with van der Waals surface area (Å²) in [5.74, 6) is 0. The van der Waals surface area contributed by atoms with E-state index in [1.807, 2.05) is 29.6 Å². The Balaban J connectivity index is 2.09. The maximum atomic E-state index is 8.73. The molecule has 0 saturated heterocycles. The van der Waals surface area contributed by atoms with Crippen LogP contribution in [-0.2, 0) is 0 Å². The van der Waals surface area contributed by atoms with Gasteiger partial charge in [0.1, 0.15) is 4.60 Å². The summed E-state index contributed by atoms with van der Waals surface area (Å²) >= 11 is 4.88. The Morgan fingerprint density at radius 3 is 2.65 bits per heavy atom. The van der Waals surface area contributed by atoms with E-state index in [1.165, 1.54) is 0 Å². The molecule has 0 bridgehead atoms. The van der Waals surface area contributed by atoms with Gasteiger partial charge < -0.3 is 5.32 Å². The molecule has 17 heavy (non-hydrogen) atoms. The maximum Gasteiger partial charge on any atom is 0.184 e. The van der Waals surface area contributed by atoms with Crippen LogP contribution >= 0.6 is 27.3 Å². The van der Waals surface area contributed by atoms with Crippen molar-refractivity contribution in [3.05, 3.63) is 45.4 Å². The van der Waals surface area contributed by atoms with Crippen LogP contribution in [0.5, 0.6) is 0 Å². The molecule has 1 aromatic carbocycles. The van der Waals surface area contributed by atoms with Crippen LogP contribution in [0.4, 0.5) is 5.13 Å². The molecule has 0 amide bonds. The van der Waals surface area contributed by atoms with E-state index in [4.69, 9.17) is 5.26 Å². The summed E-state index contributed by atoms with van der Waals surface area (Å²) in [7, 11) is 0. The van der Waals surface area contributed by atoms with Crippen LogP contribution < -0.4 is 5.32 Å². The highest BCUT2D eigenvalue weighted by Gasteiger charge is 2.07. The Kier molecular flexibility index (Phi) is 3.77. The molecule has 0 aliphatic heterocycles. The number of rotatable bonds is 3. The molecule has 1 aromatic heterocycles. The number of benzene rings is 1. The van der Waals surface area contributed by atoms with Gasteiger partial charge in [0.15, 0.2) is 5.13 Å². The molecule has 0 saturated carbocycles. The summed E-state index contributed by atoms with van der Waals surface area (Å²) in [4.78, 5) is 4.28.